The summed E-state index contributed by atoms with van der Waals surface area (Å²) in [6.07, 6.45) is 2.65. The number of aryl methyl sites for hydroxylation is 1. The summed E-state index contributed by atoms with van der Waals surface area (Å²) >= 11 is 0. The van der Waals surface area contributed by atoms with Gasteiger partial charge in [0.05, 0.1) is 19.8 Å². The Morgan fingerprint density at radius 1 is 1.07 bits per heavy atom. The van der Waals surface area contributed by atoms with Crippen LogP contribution in [0.3, 0.4) is 0 Å². The number of aromatic nitrogens is 3. The molecule has 3 aliphatic rings. The minimum Gasteiger partial charge on any atom is -0.485 e. The van der Waals surface area contributed by atoms with Crippen molar-refractivity contribution < 1.29 is 14.3 Å². The lowest BCUT2D eigenvalue weighted by Crippen LogP contribution is -2.43. The summed E-state index contributed by atoms with van der Waals surface area (Å²) in [5.74, 6) is 1.27. The molecule has 152 valence electrons. The Morgan fingerprint density at radius 3 is 2.76 bits per heavy atom. The smallest absolute Gasteiger partial charge is 0.292 e. The molecule has 1 unspecified atom stereocenters. The van der Waals surface area contributed by atoms with Crippen LogP contribution in [0, 0.1) is 0 Å². The van der Waals surface area contributed by atoms with Crippen molar-refractivity contribution in [3.8, 4) is 5.75 Å². The number of rotatable bonds is 2. The number of morpholine rings is 1. The van der Waals surface area contributed by atoms with Gasteiger partial charge in [0.2, 0.25) is 17.7 Å². The number of nitrogens with two attached hydrogens (primary N) is 1. The van der Waals surface area contributed by atoms with E-state index in [1.165, 1.54) is 5.56 Å². The van der Waals surface area contributed by atoms with Crippen LogP contribution in [0.25, 0.3) is 0 Å². The van der Waals surface area contributed by atoms with Crippen LogP contribution in [-0.4, -0.2) is 70.8 Å². The van der Waals surface area contributed by atoms with Gasteiger partial charge in [-0.3, -0.25) is 4.79 Å². The van der Waals surface area contributed by atoms with E-state index in [1.54, 1.807) is 4.90 Å². The summed E-state index contributed by atoms with van der Waals surface area (Å²) in [7, 11) is 0. The number of benzene rings is 1. The van der Waals surface area contributed by atoms with Crippen molar-refractivity contribution in [1.82, 2.24) is 19.9 Å². The van der Waals surface area contributed by atoms with Crippen molar-refractivity contribution in [3.05, 3.63) is 35.7 Å². The quantitative estimate of drug-likeness (QED) is 0.798. The Morgan fingerprint density at radius 2 is 1.90 bits per heavy atom. The molecule has 1 atom stereocenters. The van der Waals surface area contributed by atoms with Gasteiger partial charge in [0.1, 0.15) is 11.4 Å². The summed E-state index contributed by atoms with van der Waals surface area (Å²) in [6.45, 7) is 3.66. The van der Waals surface area contributed by atoms with Gasteiger partial charge in [-0.05, 0) is 24.5 Å². The van der Waals surface area contributed by atoms with Crippen LogP contribution in [0.15, 0.2) is 24.3 Å². The van der Waals surface area contributed by atoms with E-state index < -0.39 is 0 Å². The molecule has 4 heterocycles. The largest absolute Gasteiger partial charge is 0.485 e. The van der Waals surface area contributed by atoms with Crippen LogP contribution in [0.5, 0.6) is 5.75 Å². The summed E-state index contributed by atoms with van der Waals surface area (Å²) in [6, 6.07) is 8.11. The number of carbonyl (C=O) groups excluding carboxylic acids is 1. The number of anilines is 2. The normalized spacial score (nSPS) is 23.7. The third-order valence-corrected chi connectivity index (χ3v) is 5.88. The van der Waals surface area contributed by atoms with Gasteiger partial charge in [0.15, 0.2) is 0 Å². The number of para-hydroxylation sites is 1. The molecule has 3 aliphatic heterocycles. The molecule has 2 aromatic rings. The molecule has 9 nitrogen and oxygen atoms in total. The van der Waals surface area contributed by atoms with Crippen LogP contribution in [0.4, 0.5) is 11.9 Å². The molecule has 29 heavy (non-hydrogen) atoms. The number of ether oxygens (including phenoxy) is 2. The molecule has 2 N–H and O–H groups in total. The van der Waals surface area contributed by atoms with E-state index in [4.69, 9.17) is 15.2 Å². The first-order valence-electron chi connectivity index (χ1n) is 10.0. The SMILES string of the molecule is Nc1nc(C(=O)N2CCC3(CCc4ccccc4O3)C2)nc(N2CCOCC2)n1. The molecule has 5 rings (SSSR count). The number of likely N-dealkylation sites (tertiary alicyclic amines) is 1. The van der Waals surface area contributed by atoms with Crippen LogP contribution in [-0.2, 0) is 11.2 Å². The summed E-state index contributed by atoms with van der Waals surface area (Å²) in [4.78, 5) is 29.6. The number of nitrogen functional groups attached to an aromatic ring is 1. The highest BCUT2D eigenvalue weighted by Crippen LogP contribution is 2.38. The maximum absolute atomic E-state index is 13.1. The molecule has 0 bridgehead atoms. The zero-order valence-electron chi connectivity index (χ0n) is 16.2. The lowest BCUT2D eigenvalue weighted by molar-refractivity contribution is 0.0480. The lowest BCUT2D eigenvalue weighted by Gasteiger charge is -2.35. The zero-order valence-corrected chi connectivity index (χ0v) is 16.2. The molecule has 1 amide bonds. The van der Waals surface area contributed by atoms with E-state index in [0.717, 1.165) is 25.0 Å². The Labute approximate surface area is 168 Å². The molecule has 2 saturated heterocycles. The zero-order chi connectivity index (χ0) is 19.8. The van der Waals surface area contributed by atoms with Gasteiger partial charge >= 0.3 is 0 Å². The minimum atomic E-state index is -0.338. The standard InChI is InChI=1S/C20H24N6O3/c21-18-22-16(23-19(24-18)25-9-11-28-12-10-25)17(27)26-8-7-20(13-26)6-5-14-3-1-2-4-15(14)29-20/h1-4H,5-13H2,(H2,21,22,23,24). The Kier molecular flexibility index (Phi) is 4.46. The number of nitrogens with zero attached hydrogens (tertiary/aromatic N) is 5. The van der Waals surface area contributed by atoms with Crippen LogP contribution < -0.4 is 15.4 Å². The fraction of sp³-hybridized carbons (Fsp3) is 0.500. The van der Waals surface area contributed by atoms with Crippen LogP contribution in [0.1, 0.15) is 29.0 Å². The van der Waals surface area contributed by atoms with Crippen molar-refractivity contribution in [1.29, 1.82) is 0 Å². The maximum atomic E-state index is 13.1. The van der Waals surface area contributed by atoms with E-state index in [9.17, 15) is 4.79 Å². The number of hydrogen-bond acceptors (Lipinski definition) is 8. The Balaban J connectivity index is 1.34. The third-order valence-electron chi connectivity index (χ3n) is 5.88. The summed E-state index contributed by atoms with van der Waals surface area (Å²) in [5, 5.41) is 0. The van der Waals surface area contributed by atoms with Gasteiger partial charge < -0.3 is 25.0 Å². The topological polar surface area (TPSA) is 107 Å². The molecule has 1 aromatic carbocycles. The monoisotopic (exact) mass is 396 g/mol. The van der Waals surface area contributed by atoms with Gasteiger partial charge in [0.25, 0.3) is 5.91 Å². The third kappa shape index (κ3) is 3.46. The molecular formula is C20H24N6O3. The van der Waals surface area contributed by atoms with Crippen molar-refractivity contribution in [2.45, 2.75) is 24.9 Å². The molecule has 1 spiro atoms. The van der Waals surface area contributed by atoms with Gasteiger partial charge in [0, 0.05) is 26.1 Å². The minimum absolute atomic E-state index is 0.0570. The van der Waals surface area contributed by atoms with Crippen molar-refractivity contribution in [2.75, 3.05) is 50.0 Å². The predicted molar refractivity (Wildman–Crippen MR) is 106 cm³/mol. The molecule has 2 fully saturated rings. The molecule has 0 radical (unpaired) electrons. The summed E-state index contributed by atoms with van der Waals surface area (Å²) in [5.41, 5.74) is 6.76. The number of fused-ring (bicyclic) bond motifs is 1. The van der Waals surface area contributed by atoms with Gasteiger partial charge in [-0.15, -0.1) is 0 Å². The van der Waals surface area contributed by atoms with E-state index in [-0.39, 0.29) is 23.3 Å². The van der Waals surface area contributed by atoms with E-state index in [2.05, 4.69) is 21.0 Å². The maximum Gasteiger partial charge on any atom is 0.292 e. The fourth-order valence-electron chi connectivity index (χ4n) is 4.28. The second-order valence-electron chi connectivity index (χ2n) is 7.79. The van der Waals surface area contributed by atoms with Gasteiger partial charge in [-0.25, -0.2) is 0 Å². The summed E-state index contributed by atoms with van der Waals surface area (Å²) < 4.78 is 11.7. The second kappa shape index (κ2) is 7.14. The first kappa shape index (κ1) is 18.1. The van der Waals surface area contributed by atoms with Crippen molar-refractivity contribution in [2.24, 2.45) is 0 Å². The van der Waals surface area contributed by atoms with Crippen LogP contribution >= 0.6 is 0 Å². The Bertz CT molecular complexity index is 932. The molecule has 0 saturated carbocycles. The number of amides is 1. The van der Waals surface area contributed by atoms with E-state index in [1.807, 2.05) is 23.1 Å². The van der Waals surface area contributed by atoms with Gasteiger partial charge in [-0.1, -0.05) is 18.2 Å². The average molecular weight is 396 g/mol. The highest BCUT2D eigenvalue weighted by atomic mass is 16.5. The van der Waals surface area contributed by atoms with Gasteiger partial charge in [-0.2, -0.15) is 15.0 Å². The molecule has 0 aliphatic carbocycles. The molecule has 1 aromatic heterocycles. The van der Waals surface area contributed by atoms with E-state index in [0.29, 0.717) is 45.3 Å². The van der Waals surface area contributed by atoms with Crippen LogP contribution in [0.2, 0.25) is 0 Å². The Hall–Kier alpha value is -2.94. The second-order valence-corrected chi connectivity index (χ2v) is 7.79. The van der Waals surface area contributed by atoms with Crippen molar-refractivity contribution in [3.63, 3.8) is 0 Å². The first-order valence-corrected chi connectivity index (χ1v) is 10.0. The average Bonchev–Trinajstić information content (AvgIpc) is 3.16. The van der Waals surface area contributed by atoms with E-state index >= 15 is 0 Å². The first-order chi connectivity index (χ1) is 14.1. The molecular weight excluding hydrogens is 372 g/mol. The highest BCUT2D eigenvalue weighted by molar-refractivity contribution is 5.91. The highest BCUT2D eigenvalue weighted by Gasteiger charge is 2.44. The predicted octanol–water partition coefficient (Wildman–Crippen LogP) is 0.900. The van der Waals surface area contributed by atoms with Crippen molar-refractivity contribution >= 4 is 17.8 Å². The fourth-order valence-corrected chi connectivity index (χ4v) is 4.28. The number of carbonyl (C=O) groups is 1. The number of hydrogen-bond donors (Lipinski definition) is 1. The molecule has 9 heteroatoms. The lowest BCUT2D eigenvalue weighted by atomic mass is 9.90.